The van der Waals surface area contributed by atoms with Crippen LogP contribution in [0.15, 0.2) is 108 Å². The molecule has 0 N–H and O–H groups in total. The smallest absolute Gasteiger partial charge is 0.129 e. The molecule has 1 aliphatic carbocycles. The average Bonchev–Trinajstić information content (AvgIpc) is 3.63. The van der Waals surface area contributed by atoms with Crippen LogP contribution in [0.25, 0.3) is 66.0 Å². The topological polar surface area (TPSA) is 38.9 Å². The van der Waals surface area contributed by atoms with Crippen LogP contribution in [-0.4, -0.2) is 9.97 Å². The molecule has 1 saturated carbocycles. The Kier molecular flexibility index (Phi) is 7.67. The van der Waals surface area contributed by atoms with Gasteiger partial charge in [-0.15, -0.1) is 53.1 Å². The standard InChI is InChI=1S/C35H32NO.C16H18N.Ir/c1-21-9-13-27(30-19-29(22(2)20-36-30)24-15-17-35(3,4)18-16-24)33-31(21)28-14-12-25-11-10-23-7-5-6-8-26(23)32(25)34(28)37-33;1-12-5-7-13(8-6-12)15-10-9-14(11-17-15)16(2,3)4;/h5-12,14,19-20,24H,15-18H2,1-4H3;5-7,9-11H,1-4H3;/q2*-1;/i1D3,2D3,24D;1D3;. The van der Waals surface area contributed by atoms with Crippen LogP contribution in [0.5, 0.6) is 0 Å². The van der Waals surface area contributed by atoms with Crippen LogP contribution in [0, 0.1) is 38.1 Å². The molecular weight excluding hydrogens is 849 g/mol. The molecule has 8 aromatic rings. The number of pyridine rings is 2. The largest absolute Gasteiger partial charge is 0.500 e. The van der Waals surface area contributed by atoms with Crippen molar-refractivity contribution in [2.24, 2.45) is 5.41 Å². The summed E-state index contributed by atoms with van der Waals surface area (Å²) in [6.07, 6.45) is 5.91. The molecule has 3 nitrogen and oxygen atoms in total. The van der Waals surface area contributed by atoms with Gasteiger partial charge in [0.25, 0.3) is 0 Å². The summed E-state index contributed by atoms with van der Waals surface area (Å²) in [5.41, 5.74) is 5.62. The molecule has 0 spiro atoms. The van der Waals surface area contributed by atoms with E-state index in [4.69, 9.17) is 16.8 Å². The maximum atomic E-state index is 9.47. The Morgan fingerprint density at radius 2 is 1.51 bits per heavy atom. The summed E-state index contributed by atoms with van der Waals surface area (Å²) in [4.78, 5) is 9.02. The van der Waals surface area contributed by atoms with Gasteiger partial charge < -0.3 is 14.4 Å². The van der Waals surface area contributed by atoms with Crippen molar-refractivity contribution in [3.05, 3.63) is 143 Å². The molecule has 55 heavy (non-hydrogen) atoms. The first kappa shape index (κ1) is 27.9. The van der Waals surface area contributed by atoms with Crippen molar-refractivity contribution in [1.29, 1.82) is 0 Å². The number of aryl methyl sites for hydroxylation is 3. The summed E-state index contributed by atoms with van der Waals surface area (Å²) in [6.45, 7) is 3.83. The van der Waals surface area contributed by atoms with Gasteiger partial charge in [-0.3, -0.25) is 0 Å². The third-order valence-corrected chi connectivity index (χ3v) is 10.9. The first-order chi connectivity index (χ1) is 29.8. The van der Waals surface area contributed by atoms with Gasteiger partial charge in [0.05, 0.1) is 5.58 Å². The zero-order valence-electron chi connectivity index (χ0n) is 41.8. The molecule has 1 fully saturated rings. The monoisotopic (exact) mass is 909 g/mol. The fourth-order valence-corrected chi connectivity index (χ4v) is 7.52. The van der Waals surface area contributed by atoms with Crippen LogP contribution in [0.2, 0.25) is 0 Å². The van der Waals surface area contributed by atoms with Gasteiger partial charge in [-0.2, -0.15) is 0 Å². The Labute approximate surface area is 354 Å². The Morgan fingerprint density at radius 1 is 0.745 bits per heavy atom. The molecule has 0 saturated heterocycles. The Bertz CT molecular complexity index is 2970. The van der Waals surface area contributed by atoms with Crippen molar-refractivity contribution < 1.29 is 38.2 Å². The minimum absolute atomic E-state index is 0. The maximum Gasteiger partial charge on any atom is 0.129 e. The molecular formula is C51H50IrN2O-2. The molecule has 5 aromatic carbocycles. The van der Waals surface area contributed by atoms with E-state index in [-0.39, 0.29) is 42.1 Å². The Hall–Kier alpha value is -4.63. The quantitative estimate of drug-likeness (QED) is 0.131. The second kappa shape index (κ2) is 15.1. The summed E-state index contributed by atoms with van der Waals surface area (Å²) in [7, 11) is 0. The number of benzene rings is 5. The molecule has 0 aliphatic heterocycles. The third kappa shape index (κ3) is 7.65. The second-order valence-corrected chi connectivity index (χ2v) is 16.3. The zero-order chi connectivity index (χ0) is 46.2. The molecule has 0 atom stereocenters. The summed E-state index contributed by atoms with van der Waals surface area (Å²) in [5.74, 6) is -1.09. The molecule has 9 rings (SSSR count). The number of rotatable bonds is 3. The average molecular weight is 909 g/mol. The van der Waals surface area contributed by atoms with E-state index in [1.165, 1.54) is 23.9 Å². The van der Waals surface area contributed by atoms with Gasteiger partial charge >= 0.3 is 0 Å². The summed E-state index contributed by atoms with van der Waals surface area (Å²) < 4.78 is 87.8. The molecule has 281 valence electrons. The SMILES string of the molecule is [2H]C([2H])([2H])c1c[c-]c(-c2ccc(C(C)(C)C)cn2)cc1.[2H]C([2H])([2H])c1cnc(-c2[c-]cc(C([2H])([2H])[2H])c3c2oc2c3ccc3ccc4ccccc4c32)cc1C1([2H])CCC(C)(C)CC1.[Ir]. The van der Waals surface area contributed by atoms with Crippen LogP contribution >= 0.6 is 0 Å². The third-order valence-electron chi connectivity index (χ3n) is 10.9. The first-order valence-corrected chi connectivity index (χ1v) is 18.6. The van der Waals surface area contributed by atoms with Crippen molar-refractivity contribution in [1.82, 2.24) is 9.97 Å². The predicted octanol–water partition coefficient (Wildman–Crippen LogP) is 14.2. The van der Waals surface area contributed by atoms with Gasteiger partial charge in [0, 0.05) is 57.0 Å². The van der Waals surface area contributed by atoms with Gasteiger partial charge in [-0.25, -0.2) is 0 Å². The van der Waals surface area contributed by atoms with Crippen LogP contribution in [-0.2, 0) is 25.5 Å². The van der Waals surface area contributed by atoms with Gasteiger partial charge in [-0.1, -0.05) is 126 Å². The Balaban J connectivity index is 0.000000253. The molecule has 0 amide bonds. The van der Waals surface area contributed by atoms with E-state index in [1.54, 1.807) is 18.2 Å². The maximum absolute atomic E-state index is 9.47. The summed E-state index contributed by atoms with van der Waals surface area (Å²) in [5, 5.41) is 5.03. The number of nitrogens with zero attached hydrogens (tertiary/aromatic N) is 2. The van der Waals surface area contributed by atoms with Crippen molar-refractivity contribution in [3.63, 3.8) is 0 Å². The molecule has 0 bridgehead atoms. The first-order valence-electron chi connectivity index (χ1n) is 23.6. The molecule has 1 aliphatic rings. The number of furan rings is 1. The van der Waals surface area contributed by atoms with Gasteiger partial charge in [0.15, 0.2) is 0 Å². The van der Waals surface area contributed by atoms with E-state index in [9.17, 15) is 1.37 Å². The number of hydrogen-bond donors (Lipinski definition) is 0. The van der Waals surface area contributed by atoms with Crippen LogP contribution in [0.1, 0.15) is 108 Å². The fourth-order valence-electron chi connectivity index (χ4n) is 7.52. The predicted molar refractivity (Wildman–Crippen MR) is 227 cm³/mol. The van der Waals surface area contributed by atoms with E-state index in [1.807, 2.05) is 60.8 Å². The Morgan fingerprint density at radius 3 is 2.22 bits per heavy atom. The van der Waals surface area contributed by atoms with Gasteiger partial charge in [0.2, 0.25) is 0 Å². The van der Waals surface area contributed by atoms with Crippen LogP contribution in [0.4, 0.5) is 0 Å². The normalized spacial score (nSPS) is 18.5. The second-order valence-electron chi connectivity index (χ2n) is 16.3. The minimum atomic E-state index is -2.44. The molecule has 4 heteroatoms. The fraction of sp³-hybridized carbons (Fsp3) is 0.294. The van der Waals surface area contributed by atoms with Crippen molar-refractivity contribution >= 4 is 43.5 Å². The van der Waals surface area contributed by atoms with E-state index in [0.717, 1.165) is 45.6 Å². The van der Waals surface area contributed by atoms with E-state index in [2.05, 4.69) is 62.8 Å². The van der Waals surface area contributed by atoms with E-state index >= 15 is 0 Å². The summed E-state index contributed by atoms with van der Waals surface area (Å²) >= 11 is 0. The van der Waals surface area contributed by atoms with E-state index in [0.29, 0.717) is 57.2 Å². The summed E-state index contributed by atoms with van der Waals surface area (Å²) in [6, 6.07) is 34.2. The zero-order valence-corrected chi connectivity index (χ0v) is 34.2. The van der Waals surface area contributed by atoms with Crippen molar-refractivity contribution in [3.8, 4) is 22.5 Å². The number of hydrogen-bond acceptors (Lipinski definition) is 3. The molecule has 3 heterocycles. The minimum Gasteiger partial charge on any atom is -0.500 e. The number of aromatic nitrogens is 2. The molecule has 1 radical (unpaired) electrons. The number of fused-ring (bicyclic) bond motifs is 7. The van der Waals surface area contributed by atoms with Crippen molar-refractivity contribution in [2.75, 3.05) is 0 Å². The van der Waals surface area contributed by atoms with Crippen molar-refractivity contribution in [2.45, 2.75) is 92.2 Å². The molecule has 0 unspecified atom stereocenters. The van der Waals surface area contributed by atoms with E-state index < -0.39 is 26.4 Å². The van der Waals surface area contributed by atoms with Crippen LogP contribution in [0.3, 0.4) is 0 Å². The van der Waals surface area contributed by atoms with Gasteiger partial charge in [-0.05, 0) is 93.5 Å². The van der Waals surface area contributed by atoms with Gasteiger partial charge in [0.1, 0.15) is 5.58 Å². The van der Waals surface area contributed by atoms with Crippen LogP contribution < -0.4 is 0 Å². The molecule has 3 aromatic heterocycles.